The number of carbonyl (C=O) groups excluding carboxylic acids is 1. The van der Waals surface area contributed by atoms with Gasteiger partial charge in [0.15, 0.2) is 0 Å². The van der Waals surface area contributed by atoms with Gasteiger partial charge in [-0.15, -0.1) is 0 Å². The van der Waals surface area contributed by atoms with Crippen LogP contribution in [0, 0.1) is 23.2 Å². The number of alkyl carbamates (subject to hydrolysis) is 1. The Morgan fingerprint density at radius 2 is 2.20 bits per heavy atom. The molecule has 0 aromatic heterocycles. The zero-order valence-electron chi connectivity index (χ0n) is 16.5. The minimum atomic E-state index is -0.303. The molecule has 5 atom stereocenters. The fourth-order valence-electron chi connectivity index (χ4n) is 4.49. The maximum Gasteiger partial charge on any atom is 0.407 e. The van der Waals surface area contributed by atoms with Crippen molar-refractivity contribution in [2.75, 3.05) is 19.8 Å². The minimum absolute atomic E-state index is 0.125. The molecule has 4 nitrogen and oxygen atoms in total. The molecule has 1 saturated heterocycles. The molecule has 0 spiro atoms. The zero-order chi connectivity index (χ0) is 18.4. The van der Waals surface area contributed by atoms with Gasteiger partial charge in [-0.1, -0.05) is 57.4 Å². The number of fused-ring (bicyclic) bond motifs is 2. The average Bonchev–Trinajstić information content (AvgIpc) is 2.57. The molecule has 0 aromatic carbocycles. The van der Waals surface area contributed by atoms with Crippen LogP contribution in [0.4, 0.5) is 4.79 Å². The van der Waals surface area contributed by atoms with E-state index in [9.17, 15) is 4.79 Å². The van der Waals surface area contributed by atoms with Crippen molar-refractivity contribution < 1.29 is 14.3 Å². The fourth-order valence-corrected chi connectivity index (χ4v) is 4.49. The van der Waals surface area contributed by atoms with Gasteiger partial charge in [-0.2, -0.15) is 0 Å². The van der Waals surface area contributed by atoms with Crippen molar-refractivity contribution in [3.8, 4) is 0 Å². The number of allylic oxidation sites excluding steroid dienone is 2. The molecule has 2 bridgehead atoms. The van der Waals surface area contributed by atoms with Gasteiger partial charge in [0.1, 0.15) is 6.61 Å². The summed E-state index contributed by atoms with van der Waals surface area (Å²) in [5.74, 6) is 1.10. The van der Waals surface area contributed by atoms with Crippen molar-refractivity contribution in [2.24, 2.45) is 23.2 Å². The molecule has 0 aromatic rings. The van der Waals surface area contributed by atoms with Crippen LogP contribution < -0.4 is 5.32 Å². The Bertz CT molecular complexity index is 513. The lowest BCUT2D eigenvalue weighted by molar-refractivity contribution is -0.149. The van der Waals surface area contributed by atoms with E-state index in [1.807, 2.05) is 6.92 Å². The largest absolute Gasteiger partial charge is 0.449 e. The van der Waals surface area contributed by atoms with Crippen molar-refractivity contribution in [1.29, 1.82) is 0 Å². The summed E-state index contributed by atoms with van der Waals surface area (Å²) in [6, 6.07) is 0. The standard InChI is InChI=1S/C21H35NO3/c1-6-8-9-11-22-20(23)25-14-21-13-24-18(10-7-2)19(17(21)5)15(3)12-16(21)4/h7,10,12,16-19H,6,8-9,11,13-14H2,1-5H3,(H,22,23)/b10-7+/t16-,17+,18+,19-,21+/m0/s1. The summed E-state index contributed by atoms with van der Waals surface area (Å²) < 4.78 is 11.8. The van der Waals surface area contributed by atoms with Crippen molar-refractivity contribution in [2.45, 2.75) is 60.0 Å². The molecule has 0 unspecified atom stereocenters. The third kappa shape index (κ3) is 4.28. The molecule has 2 aliphatic rings. The van der Waals surface area contributed by atoms with Gasteiger partial charge in [-0.25, -0.2) is 4.79 Å². The molecular formula is C21H35NO3. The van der Waals surface area contributed by atoms with E-state index in [2.05, 4.69) is 51.2 Å². The van der Waals surface area contributed by atoms with Crippen LogP contribution in [0.25, 0.3) is 0 Å². The van der Waals surface area contributed by atoms with Crippen LogP contribution in [0.15, 0.2) is 23.8 Å². The number of hydrogen-bond donors (Lipinski definition) is 1. The molecule has 1 fully saturated rings. The van der Waals surface area contributed by atoms with Gasteiger partial charge in [0.25, 0.3) is 0 Å². The Morgan fingerprint density at radius 1 is 1.44 bits per heavy atom. The molecule has 0 radical (unpaired) electrons. The van der Waals surface area contributed by atoms with Crippen LogP contribution in [-0.4, -0.2) is 32.0 Å². The summed E-state index contributed by atoms with van der Waals surface area (Å²) >= 11 is 0. The normalized spacial score (nSPS) is 34.7. The van der Waals surface area contributed by atoms with E-state index in [0.717, 1.165) is 19.3 Å². The molecule has 0 saturated carbocycles. The second-order valence-electron chi connectivity index (χ2n) is 7.76. The quantitative estimate of drug-likeness (QED) is 0.535. The average molecular weight is 350 g/mol. The van der Waals surface area contributed by atoms with E-state index >= 15 is 0 Å². The topological polar surface area (TPSA) is 47.6 Å². The van der Waals surface area contributed by atoms with Crippen LogP contribution >= 0.6 is 0 Å². The highest BCUT2D eigenvalue weighted by atomic mass is 16.6. The summed E-state index contributed by atoms with van der Waals surface area (Å²) in [6.07, 6.45) is 9.67. The third-order valence-electron chi connectivity index (χ3n) is 6.19. The first-order valence-corrected chi connectivity index (χ1v) is 9.79. The molecule has 2 rings (SSSR count). The van der Waals surface area contributed by atoms with E-state index in [1.54, 1.807) is 0 Å². The Kier molecular flexibility index (Phi) is 7.12. The summed E-state index contributed by atoms with van der Waals surface area (Å²) in [5.41, 5.74) is 1.26. The number of ether oxygens (including phenoxy) is 2. The maximum absolute atomic E-state index is 12.1. The predicted octanol–water partition coefficient (Wildman–Crippen LogP) is 4.71. The predicted molar refractivity (Wildman–Crippen MR) is 101 cm³/mol. The van der Waals surface area contributed by atoms with Gasteiger partial charge < -0.3 is 14.8 Å². The highest BCUT2D eigenvalue weighted by Crippen LogP contribution is 2.52. The molecule has 1 aliphatic carbocycles. The number of nitrogens with one attached hydrogen (secondary N) is 1. The van der Waals surface area contributed by atoms with Crippen molar-refractivity contribution in [3.05, 3.63) is 23.8 Å². The van der Waals surface area contributed by atoms with Gasteiger partial charge in [0.05, 0.1) is 12.7 Å². The van der Waals surface area contributed by atoms with Gasteiger partial charge in [-0.05, 0) is 32.1 Å². The van der Waals surface area contributed by atoms with Gasteiger partial charge in [-0.3, -0.25) is 0 Å². The molecule has 1 heterocycles. The highest BCUT2D eigenvalue weighted by Gasteiger charge is 2.53. The molecule has 142 valence electrons. The summed E-state index contributed by atoms with van der Waals surface area (Å²) in [4.78, 5) is 12.1. The molecular weight excluding hydrogens is 314 g/mol. The SMILES string of the molecule is C/C=C/[C@H]1OC[C@]2(COC(=O)NCCCCC)[C@H](C)[C@@H]1C(C)=C[C@@H]2C. The monoisotopic (exact) mass is 349 g/mol. The fraction of sp³-hybridized carbons (Fsp3) is 0.762. The van der Waals surface area contributed by atoms with Crippen LogP contribution in [-0.2, 0) is 9.47 Å². The zero-order valence-corrected chi connectivity index (χ0v) is 16.5. The number of carbonyl (C=O) groups is 1. The maximum atomic E-state index is 12.1. The Morgan fingerprint density at radius 3 is 2.88 bits per heavy atom. The van der Waals surface area contributed by atoms with Gasteiger partial charge >= 0.3 is 6.09 Å². The third-order valence-corrected chi connectivity index (χ3v) is 6.19. The lowest BCUT2D eigenvalue weighted by Gasteiger charge is -2.54. The first-order chi connectivity index (χ1) is 12.0. The Labute approximate surface area is 153 Å². The highest BCUT2D eigenvalue weighted by molar-refractivity contribution is 5.67. The Balaban J connectivity index is 2.02. The second-order valence-corrected chi connectivity index (χ2v) is 7.76. The molecule has 1 aliphatic heterocycles. The second kappa shape index (κ2) is 8.88. The summed E-state index contributed by atoms with van der Waals surface area (Å²) in [7, 11) is 0. The smallest absolute Gasteiger partial charge is 0.407 e. The van der Waals surface area contributed by atoms with Crippen molar-refractivity contribution >= 4 is 6.09 Å². The summed E-state index contributed by atoms with van der Waals surface area (Å²) in [5, 5.41) is 2.87. The van der Waals surface area contributed by atoms with E-state index in [0.29, 0.717) is 37.5 Å². The van der Waals surface area contributed by atoms with E-state index in [-0.39, 0.29) is 17.6 Å². The number of unbranched alkanes of at least 4 members (excludes halogenated alkanes) is 2. The number of rotatable bonds is 7. The summed E-state index contributed by atoms with van der Waals surface area (Å²) in [6.45, 7) is 12.6. The molecule has 4 heteroatoms. The van der Waals surface area contributed by atoms with Crippen LogP contribution in [0.3, 0.4) is 0 Å². The molecule has 1 amide bonds. The molecule has 25 heavy (non-hydrogen) atoms. The van der Waals surface area contributed by atoms with Crippen LogP contribution in [0.2, 0.25) is 0 Å². The van der Waals surface area contributed by atoms with Gasteiger partial charge in [0.2, 0.25) is 0 Å². The lowest BCUT2D eigenvalue weighted by Crippen LogP contribution is -2.56. The van der Waals surface area contributed by atoms with E-state index < -0.39 is 0 Å². The van der Waals surface area contributed by atoms with Gasteiger partial charge in [0, 0.05) is 17.9 Å². The van der Waals surface area contributed by atoms with E-state index in [1.165, 1.54) is 5.57 Å². The van der Waals surface area contributed by atoms with E-state index in [4.69, 9.17) is 9.47 Å². The van der Waals surface area contributed by atoms with Crippen LogP contribution in [0.5, 0.6) is 0 Å². The number of hydrogen-bond acceptors (Lipinski definition) is 3. The Hall–Kier alpha value is -1.29. The lowest BCUT2D eigenvalue weighted by atomic mass is 9.56. The van der Waals surface area contributed by atoms with Crippen molar-refractivity contribution in [3.63, 3.8) is 0 Å². The van der Waals surface area contributed by atoms with Crippen molar-refractivity contribution in [1.82, 2.24) is 5.32 Å². The van der Waals surface area contributed by atoms with Crippen LogP contribution in [0.1, 0.15) is 53.9 Å². The number of amides is 1. The first-order valence-electron chi connectivity index (χ1n) is 9.79. The minimum Gasteiger partial charge on any atom is -0.449 e. The first kappa shape index (κ1) is 20.0. The molecule has 1 N–H and O–H groups in total.